The van der Waals surface area contributed by atoms with Crippen molar-refractivity contribution < 1.29 is 18.9 Å². The molecule has 2 heterocycles. The fourth-order valence-electron chi connectivity index (χ4n) is 2.14. The van der Waals surface area contributed by atoms with Gasteiger partial charge in [0, 0.05) is 11.8 Å². The molecule has 0 saturated heterocycles. The zero-order valence-electron chi connectivity index (χ0n) is 13.5. The summed E-state index contributed by atoms with van der Waals surface area (Å²) in [5.41, 5.74) is 3.75. The number of ether oxygens (including phenoxy) is 1. The van der Waals surface area contributed by atoms with Crippen molar-refractivity contribution >= 4 is 18.2 Å². The molecule has 0 aliphatic rings. The number of benzene rings is 1. The molecular formula is C16H13N5O5. The lowest BCUT2D eigenvalue weighted by molar-refractivity contribution is -0.401. The summed E-state index contributed by atoms with van der Waals surface area (Å²) in [5.74, 6) is -0.198. The number of methoxy groups -OCH3 is 1. The molecule has 0 aliphatic heterocycles. The summed E-state index contributed by atoms with van der Waals surface area (Å²) in [7, 11) is 1.21. The molecule has 2 aromatic heterocycles. The van der Waals surface area contributed by atoms with E-state index in [0.717, 1.165) is 5.69 Å². The van der Waals surface area contributed by atoms with E-state index in [1.54, 1.807) is 10.9 Å². The Kier molecular flexibility index (Phi) is 4.74. The number of furan rings is 1. The van der Waals surface area contributed by atoms with Crippen molar-refractivity contribution in [2.75, 3.05) is 7.11 Å². The van der Waals surface area contributed by atoms with Gasteiger partial charge in [-0.15, -0.1) is 0 Å². The third-order valence-corrected chi connectivity index (χ3v) is 3.31. The molecule has 3 rings (SSSR count). The molecule has 0 atom stereocenters. The summed E-state index contributed by atoms with van der Waals surface area (Å²) < 4.78 is 11.2. The van der Waals surface area contributed by atoms with Crippen LogP contribution in [0.4, 0.5) is 10.7 Å². The maximum Gasteiger partial charge on any atom is 0.433 e. The highest BCUT2D eigenvalue weighted by Crippen LogP contribution is 2.27. The van der Waals surface area contributed by atoms with Crippen molar-refractivity contribution in [2.45, 2.75) is 0 Å². The Labute approximate surface area is 146 Å². The maximum atomic E-state index is 11.1. The number of amides is 1. The molecule has 1 amide bonds. The van der Waals surface area contributed by atoms with Crippen LogP contribution in [-0.2, 0) is 4.74 Å². The second kappa shape index (κ2) is 7.30. The minimum absolute atomic E-state index is 0.200. The normalized spacial score (nSPS) is 10.8. The van der Waals surface area contributed by atoms with Crippen LogP contribution in [0.3, 0.4) is 0 Å². The van der Waals surface area contributed by atoms with Crippen LogP contribution < -0.4 is 5.43 Å². The van der Waals surface area contributed by atoms with Gasteiger partial charge in [-0.2, -0.15) is 10.2 Å². The van der Waals surface area contributed by atoms with E-state index in [0.29, 0.717) is 11.3 Å². The molecule has 0 fully saturated rings. The molecule has 1 N–H and O–H groups in total. The summed E-state index contributed by atoms with van der Waals surface area (Å²) in [6, 6.07) is 11.9. The third kappa shape index (κ3) is 3.59. The van der Waals surface area contributed by atoms with Crippen LogP contribution in [0.5, 0.6) is 0 Å². The van der Waals surface area contributed by atoms with Crippen LogP contribution in [0.25, 0.3) is 17.1 Å². The summed E-state index contributed by atoms with van der Waals surface area (Å²) >= 11 is 0. The number of hydrazone groups is 1. The lowest BCUT2D eigenvalue weighted by atomic mass is 10.2. The Morgan fingerprint density at radius 2 is 2.12 bits per heavy atom. The number of carbonyl (C=O) groups is 1. The van der Waals surface area contributed by atoms with Gasteiger partial charge in [-0.05, 0) is 18.2 Å². The van der Waals surface area contributed by atoms with E-state index in [1.165, 1.54) is 25.5 Å². The molecule has 3 aromatic rings. The second-order valence-corrected chi connectivity index (χ2v) is 4.97. The first-order valence-corrected chi connectivity index (χ1v) is 7.35. The molecule has 0 bridgehead atoms. The number of nitrogens with one attached hydrogen (secondary N) is 1. The molecule has 132 valence electrons. The Bertz CT molecular complexity index is 961. The average molecular weight is 355 g/mol. The molecule has 1 aromatic carbocycles. The number of hydrogen-bond acceptors (Lipinski definition) is 7. The lowest BCUT2D eigenvalue weighted by Gasteiger charge is -1.98. The molecule has 10 nitrogen and oxygen atoms in total. The lowest BCUT2D eigenvalue weighted by Crippen LogP contribution is -2.16. The zero-order chi connectivity index (χ0) is 18.5. The van der Waals surface area contributed by atoms with Gasteiger partial charge in [-0.1, -0.05) is 18.2 Å². The topological polar surface area (TPSA) is 125 Å². The number of rotatable bonds is 5. The highest BCUT2D eigenvalue weighted by molar-refractivity contribution is 5.88. The fourth-order valence-corrected chi connectivity index (χ4v) is 2.14. The van der Waals surface area contributed by atoms with E-state index in [2.05, 4.69) is 20.4 Å². The number of nitrogens with zero attached hydrogens (tertiary/aromatic N) is 4. The summed E-state index contributed by atoms with van der Waals surface area (Å²) in [6.45, 7) is 0. The van der Waals surface area contributed by atoms with Crippen molar-refractivity contribution in [1.29, 1.82) is 0 Å². The molecule has 0 unspecified atom stereocenters. The van der Waals surface area contributed by atoms with Gasteiger partial charge in [-0.3, -0.25) is 10.1 Å². The number of hydrogen-bond donors (Lipinski definition) is 1. The predicted octanol–water partition coefficient (Wildman–Crippen LogP) is 2.73. The van der Waals surface area contributed by atoms with Crippen LogP contribution in [0, 0.1) is 10.1 Å². The Hall–Kier alpha value is -3.95. The molecule has 26 heavy (non-hydrogen) atoms. The van der Waals surface area contributed by atoms with E-state index in [-0.39, 0.29) is 5.76 Å². The van der Waals surface area contributed by atoms with Crippen LogP contribution in [-0.4, -0.2) is 34.1 Å². The quantitative estimate of drug-likeness (QED) is 0.426. The van der Waals surface area contributed by atoms with Crippen LogP contribution in [0.15, 0.2) is 58.2 Å². The van der Waals surface area contributed by atoms with Crippen LogP contribution in [0.1, 0.15) is 5.56 Å². The number of aromatic nitrogens is 2. The summed E-state index contributed by atoms with van der Waals surface area (Å²) in [6.07, 6.45) is 2.26. The van der Waals surface area contributed by atoms with E-state index in [1.807, 2.05) is 30.3 Å². The Morgan fingerprint density at radius 1 is 1.35 bits per heavy atom. The Balaban J connectivity index is 2.00. The van der Waals surface area contributed by atoms with Gasteiger partial charge >= 0.3 is 12.0 Å². The fraction of sp³-hybridized carbons (Fsp3) is 0.0625. The van der Waals surface area contributed by atoms with Crippen molar-refractivity contribution in [1.82, 2.24) is 15.2 Å². The van der Waals surface area contributed by atoms with Gasteiger partial charge in [0.2, 0.25) is 0 Å². The van der Waals surface area contributed by atoms with Crippen LogP contribution in [0.2, 0.25) is 0 Å². The summed E-state index contributed by atoms with van der Waals surface area (Å²) in [4.78, 5) is 21.3. The zero-order valence-corrected chi connectivity index (χ0v) is 13.5. The first-order valence-electron chi connectivity index (χ1n) is 7.35. The van der Waals surface area contributed by atoms with Gasteiger partial charge in [0.1, 0.15) is 10.6 Å². The number of para-hydroxylation sites is 1. The monoisotopic (exact) mass is 355 g/mol. The van der Waals surface area contributed by atoms with Crippen molar-refractivity contribution in [3.8, 4) is 17.1 Å². The van der Waals surface area contributed by atoms with Crippen molar-refractivity contribution in [2.24, 2.45) is 5.10 Å². The second-order valence-electron chi connectivity index (χ2n) is 4.97. The average Bonchev–Trinajstić information content (AvgIpc) is 3.29. The molecule has 0 saturated carbocycles. The predicted molar refractivity (Wildman–Crippen MR) is 91.1 cm³/mol. The van der Waals surface area contributed by atoms with Crippen molar-refractivity contribution in [3.05, 3.63) is 64.3 Å². The van der Waals surface area contributed by atoms with Crippen LogP contribution >= 0.6 is 0 Å². The molecular weight excluding hydrogens is 342 g/mol. The van der Waals surface area contributed by atoms with Gasteiger partial charge < -0.3 is 9.15 Å². The minimum atomic E-state index is -0.730. The highest BCUT2D eigenvalue weighted by Gasteiger charge is 2.18. The van der Waals surface area contributed by atoms with Crippen molar-refractivity contribution in [3.63, 3.8) is 0 Å². The third-order valence-electron chi connectivity index (χ3n) is 3.31. The van der Waals surface area contributed by atoms with E-state index in [4.69, 9.17) is 4.42 Å². The van der Waals surface area contributed by atoms with E-state index < -0.39 is 16.9 Å². The number of nitro groups is 1. The Morgan fingerprint density at radius 3 is 2.77 bits per heavy atom. The molecule has 10 heteroatoms. The largest absolute Gasteiger partial charge is 0.452 e. The van der Waals surface area contributed by atoms with Gasteiger partial charge in [0.25, 0.3) is 0 Å². The van der Waals surface area contributed by atoms with Gasteiger partial charge in [0.05, 0.1) is 25.1 Å². The smallest absolute Gasteiger partial charge is 0.433 e. The standard InChI is InChI=1S/C16H13N5O5/c1-25-16(22)18-17-9-11-10-20(12-5-3-2-4-6-12)19-15(11)13-7-8-14(26-13)21(23)24/h2-10H,1H3,(H,18,22)/b17-9+. The molecule has 0 aliphatic carbocycles. The summed E-state index contributed by atoms with van der Waals surface area (Å²) in [5, 5.41) is 19.0. The number of carbonyl (C=O) groups excluding carboxylic acids is 1. The SMILES string of the molecule is COC(=O)N/N=C/c1cn(-c2ccccc2)nc1-c1ccc([N+](=O)[O-])o1. The molecule has 0 radical (unpaired) electrons. The van der Waals surface area contributed by atoms with E-state index >= 15 is 0 Å². The molecule has 0 spiro atoms. The first-order chi connectivity index (χ1) is 12.6. The van der Waals surface area contributed by atoms with Gasteiger partial charge in [0.15, 0.2) is 5.76 Å². The first kappa shape index (κ1) is 16.9. The maximum absolute atomic E-state index is 11.1. The minimum Gasteiger partial charge on any atom is -0.452 e. The highest BCUT2D eigenvalue weighted by atomic mass is 16.6. The van der Waals surface area contributed by atoms with Gasteiger partial charge in [-0.25, -0.2) is 14.9 Å². The van der Waals surface area contributed by atoms with E-state index in [9.17, 15) is 14.9 Å².